The van der Waals surface area contributed by atoms with Gasteiger partial charge in [0.05, 0.1) is 39.7 Å². The van der Waals surface area contributed by atoms with Gasteiger partial charge in [0.2, 0.25) is 10.9 Å². The van der Waals surface area contributed by atoms with Crippen molar-refractivity contribution in [3.8, 4) is 34.4 Å². The molecule has 8 nitrogen and oxygen atoms in total. The number of hydrogen-bond donors (Lipinski definition) is 0. The molecular formula is C20H20N4O4S. The first-order chi connectivity index (χ1) is 14.2. The van der Waals surface area contributed by atoms with Gasteiger partial charge in [-0.2, -0.15) is 9.78 Å². The van der Waals surface area contributed by atoms with E-state index in [-0.39, 0.29) is 0 Å². The molecule has 29 heavy (non-hydrogen) atoms. The molecule has 0 radical (unpaired) electrons. The fraction of sp³-hybridized carbons (Fsp3) is 0.250. The molecule has 0 N–H and O–H groups in total. The van der Waals surface area contributed by atoms with E-state index in [1.54, 1.807) is 44.9 Å². The maximum absolute atomic E-state index is 5.63. The summed E-state index contributed by atoms with van der Waals surface area (Å²) in [7, 11) is 6.40. The van der Waals surface area contributed by atoms with Crippen LogP contribution in [0.1, 0.15) is 5.56 Å². The van der Waals surface area contributed by atoms with Gasteiger partial charge in [0.25, 0.3) is 0 Å². The van der Waals surface area contributed by atoms with E-state index in [4.69, 9.17) is 24.0 Å². The third-order valence-electron chi connectivity index (χ3n) is 4.53. The number of ether oxygens (including phenoxy) is 4. The van der Waals surface area contributed by atoms with Crippen molar-refractivity contribution in [2.45, 2.75) is 5.16 Å². The summed E-state index contributed by atoms with van der Waals surface area (Å²) in [4.78, 5) is 0. The van der Waals surface area contributed by atoms with Gasteiger partial charge in [-0.05, 0) is 24.3 Å². The molecule has 0 unspecified atom stereocenters. The number of fused-ring (bicyclic) bond motifs is 1. The highest BCUT2D eigenvalue weighted by atomic mass is 32.2. The summed E-state index contributed by atoms with van der Waals surface area (Å²) in [5.41, 5.74) is 2.46. The number of para-hydroxylation sites is 1. The lowest BCUT2D eigenvalue weighted by atomic mass is 10.1. The Labute approximate surface area is 172 Å². The summed E-state index contributed by atoms with van der Waals surface area (Å²) in [6.07, 6.45) is 0. The van der Waals surface area contributed by atoms with Crippen molar-refractivity contribution in [2.24, 2.45) is 5.10 Å². The van der Waals surface area contributed by atoms with E-state index >= 15 is 0 Å². The summed E-state index contributed by atoms with van der Waals surface area (Å²) in [5, 5.41) is 14.2. The largest absolute Gasteiger partial charge is 0.496 e. The molecule has 0 aliphatic carbocycles. The zero-order valence-electron chi connectivity index (χ0n) is 16.5. The van der Waals surface area contributed by atoms with Gasteiger partial charge in [-0.1, -0.05) is 23.9 Å². The number of benzene rings is 2. The first-order valence-corrected chi connectivity index (χ1v) is 9.79. The minimum Gasteiger partial charge on any atom is -0.496 e. The van der Waals surface area contributed by atoms with Gasteiger partial charge in [0, 0.05) is 11.3 Å². The summed E-state index contributed by atoms with van der Waals surface area (Å²) in [6.45, 7) is 0. The molecule has 0 amide bonds. The zero-order valence-corrected chi connectivity index (χ0v) is 17.3. The van der Waals surface area contributed by atoms with E-state index in [1.807, 2.05) is 36.4 Å². The zero-order chi connectivity index (χ0) is 20.4. The van der Waals surface area contributed by atoms with Crippen molar-refractivity contribution in [3.63, 3.8) is 0 Å². The van der Waals surface area contributed by atoms with Crippen molar-refractivity contribution in [1.29, 1.82) is 0 Å². The predicted octanol–water partition coefficient (Wildman–Crippen LogP) is 3.34. The molecular weight excluding hydrogens is 392 g/mol. The quantitative estimate of drug-likeness (QED) is 0.614. The van der Waals surface area contributed by atoms with Crippen LogP contribution < -0.4 is 18.9 Å². The Morgan fingerprint density at radius 1 is 0.793 bits per heavy atom. The number of nitrogens with zero attached hydrogens (tertiary/aromatic N) is 4. The Morgan fingerprint density at radius 2 is 1.55 bits per heavy atom. The van der Waals surface area contributed by atoms with Crippen LogP contribution in [0.4, 0.5) is 0 Å². The molecule has 1 aliphatic heterocycles. The molecule has 9 heteroatoms. The van der Waals surface area contributed by atoms with Crippen LogP contribution in [0, 0.1) is 0 Å². The Balaban J connectivity index is 1.85. The van der Waals surface area contributed by atoms with Crippen LogP contribution in [0.5, 0.6) is 23.0 Å². The fourth-order valence-electron chi connectivity index (χ4n) is 3.19. The van der Waals surface area contributed by atoms with E-state index < -0.39 is 0 Å². The maximum Gasteiger partial charge on any atom is 0.212 e. The molecule has 2 heterocycles. The van der Waals surface area contributed by atoms with Crippen molar-refractivity contribution in [1.82, 2.24) is 14.9 Å². The number of thioether (sulfide) groups is 1. The van der Waals surface area contributed by atoms with E-state index in [1.165, 1.54) is 0 Å². The minimum atomic E-state index is 0.528. The summed E-state index contributed by atoms with van der Waals surface area (Å²) in [6, 6.07) is 11.4. The molecule has 0 spiro atoms. The van der Waals surface area contributed by atoms with E-state index in [9.17, 15) is 0 Å². The molecule has 0 bridgehead atoms. The molecule has 1 aliphatic rings. The number of methoxy groups -OCH3 is 4. The Bertz CT molecular complexity index is 1080. The van der Waals surface area contributed by atoms with Gasteiger partial charge >= 0.3 is 0 Å². The van der Waals surface area contributed by atoms with Crippen LogP contribution in [0.2, 0.25) is 0 Å². The number of rotatable bonds is 6. The molecule has 0 fully saturated rings. The van der Waals surface area contributed by atoms with Crippen molar-refractivity contribution < 1.29 is 18.9 Å². The molecule has 0 saturated heterocycles. The van der Waals surface area contributed by atoms with Gasteiger partial charge < -0.3 is 18.9 Å². The van der Waals surface area contributed by atoms with Crippen LogP contribution in [-0.4, -0.2) is 54.8 Å². The summed E-state index contributed by atoms with van der Waals surface area (Å²) >= 11 is 1.55. The molecule has 1 aromatic heterocycles. The van der Waals surface area contributed by atoms with E-state index in [2.05, 4.69) is 10.2 Å². The number of aromatic nitrogens is 3. The van der Waals surface area contributed by atoms with Crippen LogP contribution in [0.3, 0.4) is 0 Å². The molecule has 0 atom stereocenters. The summed E-state index contributed by atoms with van der Waals surface area (Å²) in [5.74, 6) is 3.63. The lowest BCUT2D eigenvalue weighted by Gasteiger charge is -2.19. The highest BCUT2D eigenvalue weighted by Crippen LogP contribution is 2.41. The first kappa shape index (κ1) is 19.1. The average molecular weight is 412 g/mol. The van der Waals surface area contributed by atoms with Gasteiger partial charge in [0.15, 0.2) is 17.3 Å². The van der Waals surface area contributed by atoms with Crippen molar-refractivity contribution in [3.05, 3.63) is 42.0 Å². The molecule has 4 rings (SSSR count). The van der Waals surface area contributed by atoms with E-state index in [0.717, 1.165) is 16.8 Å². The maximum atomic E-state index is 5.63. The second-order valence-corrected chi connectivity index (χ2v) is 6.98. The molecule has 3 aromatic rings. The van der Waals surface area contributed by atoms with Gasteiger partial charge in [-0.15, -0.1) is 10.2 Å². The monoisotopic (exact) mass is 412 g/mol. The molecule has 0 saturated carbocycles. The lowest BCUT2D eigenvalue weighted by molar-refractivity contribution is 0.324. The van der Waals surface area contributed by atoms with E-state index in [0.29, 0.717) is 39.7 Å². The predicted molar refractivity (Wildman–Crippen MR) is 111 cm³/mol. The van der Waals surface area contributed by atoms with Crippen molar-refractivity contribution >= 4 is 17.5 Å². The van der Waals surface area contributed by atoms with Crippen LogP contribution >= 0.6 is 11.8 Å². The molecule has 150 valence electrons. The average Bonchev–Trinajstić information content (AvgIpc) is 3.20. The van der Waals surface area contributed by atoms with Gasteiger partial charge in [-0.25, -0.2) is 0 Å². The highest BCUT2D eigenvalue weighted by molar-refractivity contribution is 7.99. The smallest absolute Gasteiger partial charge is 0.212 e. The van der Waals surface area contributed by atoms with Crippen LogP contribution in [0.25, 0.3) is 11.4 Å². The van der Waals surface area contributed by atoms with Crippen LogP contribution in [0.15, 0.2) is 46.7 Å². The first-order valence-electron chi connectivity index (χ1n) is 8.80. The third kappa shape index (κ3) is 3.27. The standard InChI is InChI=1S/C20H20N4O4S/c1-25-15-8-6-5-7-13(15)19-21-22-20-24(19)23-14(11-29-20)12-9-10-16(26-2)18(28-4)17(12)27-3/h5-10H,11H2,1-4H3. The lowest BCUT2D eigenvalue weighted by Crippen LogP contribution is -2.15. The normalized spacial score (nSPS) is 12.8. The second kappa shape index (κ2) is 8.04. The minimum absolute atomic E-state index is 0.528. The third-order valence-corrected chi connectivity index (χ3v) is 5.46. The SMILES string of the molecule is COc1ccccc1-c1nnc2n1N=C(c1ccc(OC)c(OC)c1OC)CS2. The molecule has 2 aromatic carbocycles. The van der Waals surface area contributed by atoms with Crippen LogP contribution in [-0.2, 0) is 0 Å². The topological polar surface area (TPSA) is 80.0 Å². The Kier molecular flexibility index (Phi) is 5.30. The van der Waals surface area contributed by atoms with Gasteiger partial charge in [-0.3, -0.25) is 0 Å². The summed E-state index contributed by atoms with van der Waals surface area (Å²) < 4.78 is 23.7. The second-order valence-electron chi connectivity index (χ2n) is 6.04. The van der Waals surface area contributed by atoms with Gasteiger partial charge in [0.1, 0.15) is 5.75 Å². The highest BCUT2D eigenvalue weighted by Gasteiger charge is 2.26. The Hall–Kier alpha value is -3.20. The fourth-order valence-corrected chi connectivity index (χ4v) is 4.01. The van der Waals surface area contributed by atoms with Crippen molar-refractivity contribution in [2.75, 3.05) is 34.2 Å². The number of hydrogen-bond acceptors (Lipinski definition) is 8. The Morgan fingerprint density at radius 3 is 2.28 bits per heavy atom.